The molecule has 1 N–H and O–H groups in total. The number of hydrogen-bond acceptors (Lipinski definition) is 4. The van der Waals surface area contributed by atoms with E-state index in [0.717, 1.165) is 32.4 Å². The molecule has 2 aliphatic rings. The van der Waals surface area contributed by atoms with Crippen molar-refractivity contribution >= 4 is 0 Å². The van der Waals surface area contributed by atoms with E-state index in [9.17, 15) is 4.79 Å². The van der Waals surface area contributed by atoms with Crippen molar-refractivity contribution in [2.24, 2.45) is 0 Å². The van der Waals surface area contributed by atoms with Crippen molar-refractivity contribution in [2.75, 3.05) is 13.1 Å². The van der Waals surface area contributed by atoms with E-state index in [0.29, 0.717) is 6.04 Å². The smallest absolute Gasteiger partial charge is 0.313 e. The number of nitrogens with one attached hydrogen (secondary N) is 1. The monoisotopic (exact) mass is 221 g/mol. The molecule has 0 bridgehead atoms. The quantitative estimate of drug-likeness (QED) is 0.798. The lowest BCUT2D eigenvalue weighted by molar-refractivity contribution is 0.208. The first-order chi connectivity index (χ1) is 7.84. The summed E-state index contributed by atoms with van der Waals surface area (Å²) >= 11 is 0. The standard InChI is InChI=1S/C11H15N3O2/c15-11-10(16-9-3-4-12-7-9)13-5-6-14(11)8-1-2-8/h5-6,8-9,12H,1-4,7H2. The van der Waals surface area contributed by atoms with Gasteiger partial charge in [-0.05, 0) is 25.8 Å². The topological polar surface area (TPSA) is 56.1 Å². The minimum absolute atomic E-state index is 0.0862. The molecule has 0 radical (unpaired) electrons. The summed E-state index contributed by atoms with van der Waals surface area (Å²) in [7, 11) is 0. The van der Waals surface area contributed by atoms with Crippen molar-refractivity contribution in [2.45, 2.75) is 31.4 Å². The van der Waals surface area contributed by atoms with Crippen molar-refractivity contribution in [3.63, 3.8) is 0 Å². The van der Waals surface area contributed by atoms with E-state index in [1.54, 1.807) is 17.0 Å². The summed E-state index contributed by atoms with van der Waals surface area (Å²) in [6, 6.07) is 0.375. The van der Waals surface area contributed by atoms with Crippen LogP contribution in [-0.4, -0.2) is 28.7 Å². The maximum Gasteiger partial charge on any atom is 0.313 e. The van der Waals surface area contributed by atoms with Gasteiger partial charge in [0, 0.05) is 25.0 Å². The molecule has 2 fully saturated rings. The molecule has 86 valence electrons. The summed E-state index contributed by atoms with van der Waals surface area (Å²) in [6.07, 6.45) is 6.62. The Morgan fingerprint density at radius 2 is 2.31 bits per heavy atom. The fourth-order valence-electron chi connectivity index (χ4n) is 2.01. The Morgan fingerprint density at radius 3 is 3.00 bits per heavy atom. The van der Waals surface area contributed by atoms with Gasteiger partial charge in [0.05, 0.1) is 0 Å². The molecule has 1 saturated heterocycles. The Kier molecular flexibility index (Phi) is 2.40. The second-order valence-electron chi connectivity index (χ2n) is 4.41. The van der Waals surface area contributed by atoms with Gasteiger partial charge in [-0.25, -0.2) is 4.98 Å². The molecule has 1 atom stereocenters. The molecule has 1 unspecified atom stereocenters. The Bertz CT molecular complexity index is 433. The molecular weight excluding hydrogens is 206 g/mol. The highest BCUT2D eigenvalue weighted by molar-refractivity contribution is 5.08. The van der Waals surface area contributed by atoms with E-state index in [-0.39, 0.29) is 17.5 Å². The zero-order chi connectivity index (χ0) is 11.0. The van der Waals surface area contributed by atoms with Gasteiger partial charge in [0.2, 0.25) is 0 Å². The van der Waals surface area contributed by atoms with Crippen molar-refractivity contribution in [3.05, 3.63) is 22.7 Å². The molecule has 5 heteroatoms. The van der Waals surface area contributed by atoms with Crippen LogP contribution in [0.15, 0.2) is 17.2 Å². The van der Waals surface area contributed by atoms with Crippen LogP contribution in [0.5, 0.6) is 5.88 Å². The highest BCUT2D eigenvalue weighted by Crippen LogP contribution is 2.33. The highest BCUT2D eigenvalue weighted by atomic mass is 16.5. The van der Waals surface area contributed by atoms with Crippen LogP contribution in [0.4, 0.5) is 0 Å². The lowest BCUT2D eigenvalue weighted by Crippen LogP contribution is -2.27. The largest absolute Gasteiger partial charge is 0.469 e. The number of rotatable bonds is 3. The number of ether oxygens (including phenoxy) is 1. The van der Waals surface area contributed by atoms with Gasteiger partial charge in [0.1, 0.15) is 6.10 Å². The number of hydrogen-bond donors (Lipinski definition) is 1. The fourth-order valence-corrected chi connectivity index (χ4v) is 2.01. The number of nitrogens with zero attached hydrogens (tertiary/aromatic N) is 2. The van der Waals surface area contributed by atoms with E-state index < -0.39 is 0 Å². The molecule has 2 heterocycles. The molecule has 0 spiro atoms. The van der Waals surface area contributed by atoms with Gasteiger partial charge in [-0.15, -0.1) is 0 Å². The van der Waals surface area contributed by atoms with Gasteiger partial charge in [-0.1, -0.05) is 0 Å². The Hall–Kier alpha value is -1.36. The molecular formula is C11H15N3O2. The van der Waals surface area contributed by atoms with Gasteiger partial charge in [0.25, 0.3) is 5.88 Å². The summed E-state index contributed by atoms with van der Waals surface area (Å²) in [5.74, 6) is 0.253. The maximum absolute atomic E-state index is 12.0. The first-order valence-electron chi connectivity index (χ1n) is 5.79. The molecule has 16 heavy (non-hydrogen) atoms. The third-order valence-electron chi connectivity index (χ3n) is 3.07. The summed E-state index contributed by atoms with van der Waals surface area (Å²) < 4.78 is 7.36. The lowest BCUT2D eigenvalue weighted by Gasteiger charge is -2.11. The minimum Gasteiger partial charge on any atom is -0.469 e. The Balaban J connectivity index is 1.82. The Morgan fingerprint density at radius 1 is 1.44 bits per heavy atom. The molecule has 3 rings (SSSR count). The first kappa shape index (κ1) is 9.84. The van der Waals surface area contributed by atoms with E-state index >= 15 is 0 Å². The second kappa shape index (κ2) is 3.90. The van der Waals surface area contributed by atoms with Crippen molar-refractivity contribution in [1.82, 2.24) is 14.9 Å². The molecule has 1 aliphatic carbocycles. The van der Waals surface area contributed by atoms with Gasteiger partial charge < -0.3 is 14.6 Å². The van der Waals surface area contributed by atoms with Gasteiger partial charge in [0.15, 0.2) is 0 Å². The van der Waals surface area contributed by atoms with E-state index in [1.165, 1.54) is 0 Å². The average molecular weight is 221 g/mol. The maximum atomic E-state index is 12.0. The van der Waals surface area contributed by atoms with Crippen molar-refractivity contribution in [3.8, 4) is 5.88 Å². The lowest BCUT2D eigenvalue weighted by atomic mass is 10.3. The van der Waals surface area contributed by atoms with Crippen LogP contribution in [0.1, 0.15) is 25.3 Å². The van der Waals surface area contributed by atoms with Crippen LogP contribution in [0.3, 0.4) is 0 Å². The second-order valence-corrected chi connectivity index (χ2v) is 4.41. The fraction of sp³-hybridized carbons (Fsp3) is 0.636. The third kappa shape index (κ3) is 1.82. The number of aromatic nitrogens is 2. The normalized spacial score (nSPS) is 24.6. The zero-order valence-corrected chi connectivity index (χ0v) is 9.06. The van der Waals surface area contributed by atoms with E-state index in [4.69, 9.17) is 4.74 Å². The van der Waals surface area contributed by atoms with E-state index in [2.05, 4.69) is 10.3 Å². The molecule has 1 aromatic heterocycles. The molecule has 5 nitrogen and oxygen atoms in total. The van der Waals surface area contributed by atoms with Gasteiger partial charge in [-0.3, -0.25) is 4.79 Å². The van der Waals surface area contributed by atoms with Crippen LogP contribution in [0.2, 0.25) is 0 Å². The van der Waals surface area contributed by atoms with Crippen LogP contribution < -0.4 is 15.6 Å². The molecule has 1 aromatic rings. The summed E-state index contributed by atoms with van der Waals surface area (Å²) in [4.78, 5) is 16.0. The van der Waals surface area contributed by atoms with Crippen LogP contribution in [-0.2, 0) is 0 Å². The third-order valence-corrected chi connectivity index (χ3v) is 3.07. The summed E-state index contributed by atoms with van der Waals surface area (Å²) in [5, 5.41) is 3.20. The van der Waals surface area contributed by atoms with Gasteiger partial charge >= 0.3 is 5.56 Å². The van der Waals surface area contributed by atoms with Crippen LogP contribution in [0, 0.1) is 0 Å². The predicted octanol–water partition coefficient (Wildman–Crippen LogP) is 0.319. The molecule has 1 saturated carbocycles. The molecule has 1 aliphatic heterocycles. The van der Waals surface area contributed by atoms with Crippen molar-refractivity contribution in [1.29, 1.82) is 0 Å². The average Bonchev–Trinajstić information content (AvgIpc) is 3.00. The van der Waals surface area contributed by atoms with Crippen LogP contribution >= 0.6 is 0 Å². The summed E-state index contributed by atoms with van der Waals surface area (Å²) in [5.41, 5.74) is -0.0862. The molecule has 0 amide bonds. The minimum atomic E-state index is -0.0862. The van der Waals surface area contributed by atoms with Crippen LogP contribution in [0.25, 0.3) is 0 Å². The van der Waals surface area contributed by atoms with Crippen molar-refractivity contribution < 1.29 is 4.74 Å². The predicted molar refractivity (Wildman–Crippen MR) is 58.7 cm³/mol. The SMILES string of the molecule is O=c1c(OC2CCNC2)nccn1C1CC1. The Labute approximate surface area is 93.4 Å². The van der Waals surface area contributed by atoms with E-state index in [1.807, 2.05) is 0 Å². The first-order valence-corrected chi connectivity index (χ1v) is 5.79. The highest BCUT2D eigenvalue weighted by Gasteiger charge is 2.26. The van der Waals surface area contributed by atoms with Gasteiger partial charge in [-0.2, -0.15) is 0 Å². The molecule has 0 aromatic carbocycles. The summed E-state index contributed by atoms with van der Waals surface area (Å²) in [6.45, 7) is 1.76. The zero-order valence-electron chi connectivity index (χ0n) is 9.06.